The second-order valence-corrected chi connectivity index (χ2v) is 5.65. The summed E-state index contributed by atoms with van der Waals surface area (Å²) in [5.41, 5.74) is 0.110. The van der Waals surface area contributed by atoms with Crippen LogP contribution in [0.5, 0.6) is 5.75 Å². The monoisotopic (exact) mass is 311 g/mol. The van der Waals surface area contributed by atoms with Gasteiger partial charge < -0.3 is 9.47 Å². The van der Waals surface area contributed by atoms with E-state index < -0.39 is 11.7 Å². The fourth-order valence-corrected chi connectivity index (χ4v) is 1.94. The van der Waals surface area contributed by atoms with Gasteiger partial charge in [-0.3, -0.25) is 0 Å². The van der Waals surface area contributed by atoms with Crippen LogP contribution >= 0.6 is 15.9 Å². The molecule has 1 aliphatic rings. The lowest BCUT2D eigenvalue weighted by atomic mass is 10.2. The Labute approximate surface area is 114 Å². The van der Waals surface area contributed by atoms with Crippen molar-refractivity contribution in [1.82, 2.24) is 0 Å². The first-order chi connectivity index (χ1) is 8.38. The highest BCUT2D eigenvalue weighted by atomic mass is 79.9. The van der Waals surface area contributed by atoms with E-state index in [2.05, 4.69) is 15.9 Å². The molecule has 0 radical (unpaired) electrons. The average molecular weight is 312 g/mol. The van der Waals surface area contributed by atoms with Crippen molar-refractivity contribution < 1.29 is 14.3 Å². The van der Waals surface area contributed by atoms with Gasteiger partial charge in [-0.15, -0.1) is 0 Å². The Balaban J connectivity index is 2.33. The van der Waals surface area contributed by atoms with Crippen LogP contribution in [0.25, 0.3) is 0 Å². The second-order valence-electron chi connectivity index (χ2n) is 4.84. The highest BCUT2D eigenvalue weighted by Gasteiger charge is 2.29. The van der Waals surface area contributed by atoms with Crippen molar-refractivity contribution in [3.63, 3.8) is 0 Å². The standard InChI is InChI=1S/C13H14BrNO3/c1-13(2,3)18-12(16)15-9-6-4-5-7-10(9)17-8-11(15)14/h4-8H,1-3H3. The molecule has 1 aromatic rings. The molecule has 4 nitrogen and oxygen atoms in total. The number of ether oxygens (including phenoxy) is 2. The van der Waals surface area contributed by atoms with Crippen molar-refractivity contribution in [2.75, 3.05) is 4.90 Å². The highest BCUT2D eigenvalue weighted by molar-refractivity contribution is 9.11. The molecule has 0 spiro atoms. The Kier molecular flexibility index (Phi) is 3.34. The van der Waals surface area contributed by atoms with Crippen molar-refractivity contribution in [2.24, 2.45) is 0 Å². The molecule has 0 atom stereocenters. The van der Waals surface area contributed by atoms with Gasteiger partial charge >= 0.3 is 6.09 Å². The third-order valence-electron chi connectivity index (χ3n) is 2.18. The van der Waals surface area contributed by atoms with Crippen LogP contribution in [0.15, 0.2) is 35.1 Å². The molecule has 0 aliphatic carbocycles. The number of para-hydroxylation sites is 2. The molecule has 0 saturated heterocycles. The van der Waals surface area contributed by atoms with Gasteiger partial charge in [-0.1, -0.05) is 12.1 Å². The van der Waals surface area contributed by atoms with E-state index in [0.717, 1.165) is 0 Å². The van der Waals surface area contributed by atoms with Gasteiger partial charge in [0.1, 0.15) is 16.5 Å². The normalized spacial score (nSPS) is 14.4. The Bertz CT molecular complexity index is 505. The maximum absolute atomic E-state index is 12.2. The van der Waals surface area contributed by atoms with Gasteiger partial charge in [0.2, 0.25) is 0 Å². The third kappa shape index (κ3) is 2.67. The maximum atomic E-state index is 12.2. The molecule has 0 bridgehead atoms. The van der Waals surface area contributed by atoms with Crippen molar-refractivity contribution in [3.8, 4) is 5.75 Å². The third-order valence-corrected chi connectivity index (χ3v) is 2.72. The molecule has 96 valence electrons. The van der Waals surface area contributed by atoms with E-state index >= 15 is 0 Å². The number of hydrogen-bond donors (Lipinski definition) is 0. The zero-order valence-corrected chi connectivity index (χ0v) is 12.0. The van der Waals surface area contributed by atoms with Crippen LogP contribution in [-0.4, -0.2) is 11.7 Å². The van der Waals surface area contributed by atoms with Crippen LogP contribution in [0, 0.1) is 0 Å². The minimum atomic E-state index is -0.544. The lowest BCUT2D eigenvalue weighted by molar-refractivity contribution is 0.0592. The molecule has 1 heterocycles. The molecule has 18 heavy (non-hydrogen) atoms. The molecule has 0 unspecified atom stereocenters. The first kappa shape index (κ1) is 13.0. The summed E-state index contributed by atoms with van der Waals surface area (Å²) >= 11 is 3.29. The number of hydrogen-bond acceptors (Lipinski definition) is 3. The van der Waals surface area contributed by atoms with Crippen LogP contribution in [0.3, 0.4) is 0 Å². The molecular formula is C13H14BrNO3. The van der Waals surface area contributed by atoms with Gasteiger partial charge in [0.05, 0.1) is 5.69 Å². The zero-order valence-electron chi connectivity index (χ0n) is 10.4. The van der Waals surface area contributed by atoms with Crippen molar-refractivity contribution in [1.29, 1.82) is 0 Å². The Hall–Kier alpha value is -1.49. The Morgan fingerprint density at radius 3 is 2.67 bits per heavy atom. The molecular weight excluding hydrogens is 298 g/mol. The molecule has 1 amide bonds. The van der Waals surface area contributed by atoms with Gasteiger partial charge in [-0.25, -0.2) is 9.69 Å². The smallest absolute Gasteiger partial charge is 0.420 e. The number of halogens is 1. The van der Waals surface area contributed by atoms with E-state index in [1.165, 1.54) is 11.2 Å². The summed E-state index contributed by atoms with van der Waals surface area (Å²) < 4.78 is 11.3. The van der Waals surface area contributed by atoms with E-state index in [-0.39, 0.29) is 0 Å². The maximum Gasteiger partial charge on any atom is 0.420 e. The molecule has 2 rings (SSSR count). The molecule has 0 N–H and O–H groups in total. The number of amides is 1. The predicted molar refractivity (Wildman–Crippen MR) is 72.8 cm³/mol. The van der Waals surface area contributed by atoms with E-state index in [1.54, 1.807) is 12.1 Å². The van der Waals surface area contributed by atoms with Gasteiger partial charge in [-0.2, -0.15) is 0 Å². The summed E-state index contributed by atoms with van der Waals surface area (Å²) in [4.78, 5) is 13.6. The summed E-state index contributed by atoms with van der Waals surface area (Å²) in [7, 11) is 0. The summed E-state index contributed by atoms with van der Waals surface area (Å²) in [6.07, 6.45) is 1.02. The van der Waals surface area contributed by atoms with Crippen LogP contribution in [0.2, 0.25) is 0 Å². The summed E-state index contributed by atoms with van der Waals surface area (Å²) in [6, 6.07) is 7.28. The van der Waals surface area contributed by atoms with Gasteiger partial charge in [0.25, 0.3) is 0 Å². The molecule has 0 fully saturated rings. The van der Waals surface area contributed by atoms with E-state index in [9.17, 15) is 4.79 Å². The number of rotatable bonds is 0. The number of carbonyl (C=O) groups excluding carboxylic acids is 1. The highest BCUT2D eigenvalue weighted by Crippen LogP contribution is 2.37. The fraction of sp³-hybridized carbons (Fsp3) is 0.308. The van der Waals surface area contributed by atoms with E-state index in [0.29, 0.717) is 16.0 Å². The number of fused-ring (bicyclic) bond motifs is 1. The van der Waals surface area contributed by atoms with Crippen molar-refractivity contribution in [2.45, 2.75) is 26.4 Å². The van der Waals surface area contributed by atoms with E-state index in [1.807, 2.05) is 32.9 Å². The Morgan fingerprint density at radius 2 is 2.00 bits per heavy atom. The Morgan fingerprint density at radius 1 is 1.33 bits per heavy atom. The number of anilines is 1. The number of benzene rings is 1. The second kappa shape index (κ2) is 4.65. The van der Waals surface area contributed by atoms with Gasteiger partial charge in [0.15, 0.2) is 5.75 Å². The van der Waals surface area contributed by atoms with Crippen molar-refractivity contribution in [3.05, 3.63) is 35.1 Å². The molecule has 1 aromatic carbocycles. The van der Waals surface area contributed by atoms with Crippen molar-refractivity contribution >= 4 is 27.7 Å². The number of nitrogens with zero attached hydrogens (tertiary/aromatic N) is 1. The van der Waals surface area contributed by atoms with Crippen LogP contribution in [-0.2, 0) is 4.74 Å². The minimum Gasteiger partial charge on any atom is -0.460 e. The largest absolute Gasteiger partial charge is 0.460 e. The minimum absolute atomic E-state index is 0.443. The average Bonchev–Trinajstić information content (AvgIpc) is 2.26. The molecule has 0 saturated carbocycles. The molecule has 1 aliphatic heterocycles. The summed E-state index contributed by atoms with van der Waals surface area (Å²) in [6.45, 7) is 5.48. The van der Waals surface area contributed by atoms with E-state index in [4.69, 9.17) is 9.47 Å². The quantitative estimate of drug-likeness (QED) is 0.679. The zero-order chi connectivity index (χ0) is 13.3. The lowest BCUT2D eigenvalue weighted by Crippen LogP contribution is -2.36. The number of carbonyl (C=O) groups is 1. The van der Waals surface area contributed by atoms with Gasteiger partial charge in [-0.05, 0) is 48.8 Å². The topological polar surface area (TPSA) is 38.8 Å². The summed E-state index contributed by atoms with van der Waals surface area (Å²) in [5.74, 6) is 0.617. The predicted octanol–water partition coefficient (Wildman–Crippen LogP) is 4.01. The fourth-order valence-electron chi connectivity index (χ4n) is 1.51. The SMILES string of the molecule is CC(C)(C)OC(=O)N1C(Br)=COc2ccccc21. The first-order valence-electron chi connectivity index (χ1n) is 5.53. The van der Waals surface area contributed by atoms with Crippen LogP contribution in [0.1, 0.15) is 20.8 Å². The summed E-state index contributed by atoms with van der Waals surface area (Å²) in [5, 5.41) is 0. The lowest BCUT2D eigenvalue weighted by Gasteiger charge is -2.29. The van der Waals surface area contributed by atoms with Gasteiger partial charge in [0, 0.05) is 0 Å². The molecule has 0 aromatic heterocycles. The van der Waals surface area contributed by atoms with Crippen LogP contribution < -0.4 is 9.64 Å². The molecule has 5 heteroatoms. The first-order valence-corrected chi connectivity index (χ1v) is 6.32. The van der Waals surface area contributed by atoms with Crippen LogP contribution in [0.4, 0.5) is 10.5 Å².